The van der Waals surface area contributed by atoms with Crippen molar-refractivity contribution in [1.82, 2.24) is 14.7 Å². The highest BCUT2D eigenvalue weighted by atomic mass is 32.2. The smallest absolute Gasteiger partial charge is 0.256 e. The molecule has 10 nitrogen and oxygen atoms in total. The molecule has 1 saturated heterocycles. The van der Waals surface area contributed by atoms with E-state index in [9.17, 15) is 23.2 Å². The molecule has 1 heterocycles. The molecule has 0 radical (unpaired) electrons. The molecule has 1 fully saturated rings. The Hall–Kier alpha value is -2.21. The van der Waals surface area contributed by atoms with Gasteiger partial charge in [-0.15, -0.1) is 0 Å². The van der Waals surface area contributed by atoms with Gasteiger partial charge in [0.15, 0.2) is 0 Å². The van der Waals surface area contributed by atoms with E-state index >= 15 is 0 Å². The lowest BCUT2D eigenvalue weighted by molar-refractivity contribution is -0.151. The Labute approximate surface area is 195 Å². The van der Waals surface area contributed by atoms with E-state index in [0.29, 0.717) is 38.5 Å². The van der Waals surface area contributed by atoms with Crippen molar-refractivity contribution in [1.29, 1.82) is 0 Å². The minimum atomic E-state index is -3.88. The number of nitrogens with one attached hydrogen (secondary N) is 1. The summed E-state index contributed by atoms with van der Waals surface area (Å²) in [5.41, 5.74) is 1.61. The summed E-state index contributed by atoms with van der Waals surface area (Å²) in [6, 6.07) is 6.06. The van der Waals surface area contributed by atoms with Gasteiger partial charge in [0.1, 0.15) is 11.7 Å². The van der Waals surface area contributed by atoms with E-state index in [-0.39, 0.29) is 23.9 Å². The number of rotatable bonds is 11. The van der Waals surface area contributed by atoms with Gasteiger partial charge in [-0.1, -0.05) is 20.8 Å². The third-order valence-corrected chi connectivity index (χ3v) is 7.67. The van der Waals surface area contributed by atoms with Crippen LogP contribution in [-0.4, -0.2) is 81.1 Å². The van der Waals surface area contributed by atoms with E-state index in [2.05, 4.69) is 0 Å². The van der Waals surface area contributed by atoms with Crippen LogP contribution >= 0.6 is 0 Å². The molecule has 33 heavy (non-hydrogen) atoms. The standard InChI is InChI=1S/C22H35N3O7S/c1-5-25(33(29,30)19-8-6-18(31-4)7-9-19)15-17(14-16(2)3)20(21(26)23-28)22(27)24-10-12-32-13-11-24/h6-9,16-17,20,28H,5,10-15H2,1-4H3,(H,23,26)/t17-,20+/m0/s1. The van der Waals surface area contributed by atoms with Crippen molar-refractivity contribution in [3.8, 4) is 5.75 Å². The summed E-state index contributed by atoms with van der Waals surface area (Å²) in [5, 5.41) is 9.38. The molecular formula is C22H35N3O7S. The van der Waals surface area contributed by atoms with Crippen LogP contribution in [0.4, 0.5) is 0 Å². The maximum atomic E-state index is 13.3. The lowest BCUT2D eigenvalue weighted by Crippen LogP contribution is -2.52. The first-order valence-corrected chi connectivity index (χ1v) is 12.5. The SMILES string of the molecule is CCN(C[C@H](CC(C)C)[C@H](C(=O)NO)C(=O)N1CCOCC1)S(=O)(=O)c1ccc(OC)cc1. The van der Waals surface area contributed by atoms with Crippen LogP contribution in [0.15, 0.2) is 29.2 Å². The van der Waals surface area contributed by atoms with Crippen LogP contribution in [0.5, 0.6) is 5.75 Å². The van der Waals surface area contributed by atoms with Crippen molar-refractivity contribution < 1.29 is 32.7 Å². The van der Waals surface area contributed by atoms with Gasteiger partial charge in [0, 0.05) is 26.2 Å². The maximum Gasteiger partial charge on any atom is 0.256 e. The molecule has 1 aromatic carbocycles. The first-order chi connectivity index (χ1) is 15.6. The number of sulfonamides is 1. The monoisotopic (exact) mass is 485 g/mol. The molecule has 1 aliphatic heterocycles. The molecular weight excluding hydrogens is 450 g/mol. The number of benzene rings is 1. The Balaban J connectivity index is 2.37. The number of hydroxylamine groups is 1. The van der Waals surface area contributed by atoms with E-state index < -0.39 is 33.7 Å². The van der Waals surface area contributed by atoms with E-state index in [1.165, 1.54) is 28.4 Å². The number of nitrogens with zero attached hydrogens (tertiary/aromatic N) is 2. The number of carbonyl (C=O) groups is 2. The highest BCUT2D eigenvalue weighted by molar-refractivity contribution is 7.89. The number of hydrogen-bond donors (Lipinski definition) is 2. The van der Waals surface area contributed by atoms with Crippen LogP contribution in [0, 0.1) is 17.8 Å². The van der Waals surface area contributed by atoms with Crippen LogP contribution in [0.1, 0.15) is 27.2 Å². The molecule has 11 heteroatoms. The van der Waals surface area contributed by atoms with E-state index in [1.54, 1.807) is 24.5 Å². The summed E-state index contributed by atoms with van der Waals surface area (Å²) in [7, 11) is -2.39. The quantitative estimate of drug-likeness (QED) is 0.275. The first kappa shape index (κ1) is 27.0. The van der Waals surface area contributed by atoms with Gasteiger partial charge in [-0.05, 0) is 42.5 Å². The van der Waals surface area contributed by atoms with Crippen LogP contribution in [0.25, 0.3) is 0 Å². The predicted molar refractivity (Wildman–Crippen MR) is 121 cm³/mol. The molecule has 1 aromatic rings. The lowest BCUT2D eigenvalue weighted by atomic mass is 9.83. The second kappa shape index (κ2) is 12.3. The molecule has 2 amide bonds. The zero-order valence-electron chi connectivity index (χ0n) is 19.7. The third kappa shape index (κ3) is 6.89. The molecule has 1 aliphatic rings. The third-order valence-electron chi connectivity index (χ3n) is 5.72. The molecule has 0 aliphatic carbocycles. The summed E-state index contributed by atoms with van der Waals surface area (Å²) in [6.45, 7) is 7.09. The molecule has 2 atom stereocenters. The number of methoxy groups -OCH3 is 1. The van der Waals surface area contributed by atoms with Gasteiger partial charge in [0.05, 0.1) is 25.2 Å². The Morgan fingerprint density at radius 3 is 2.30 bits per heavy atom. The highest BCUT2D eigenvalue weighted by Crippen LogP contribution is 2.28. The summed E-state index contributed by atoms with van der Waals surface area (Å²) in [5.74, 6) is -2.52. The van der Waals surface area contributed by atoms with E-state index in [1.807, 2.05) is 13.8 Å². The van der Waals surface area contributed by atoms with Crippen molar-refractivity contribution in [3.05, 3.63) is 24.3 Å². The fourth-order valence-electron chi connectivity index (χ4n) is 4.05. The highest BCUT2D eigenvalue weighted by Gasteiger charge is 2.40. The molecule has 186 valence electrons. The average Bonchev–Trinajstić information content (AvgIpc) is 2.82. The van der Waals surface area contributed by atoms with Gasteiger partial charge in [0.2, 0.25) is 15.9 Å². The molecule has 0 spiro atoms. The van der Waals surface area contributed by atoms with E-state index in [0.717, 1.165) is 0 Å². The van der Waals surface area contributed by atoms with Gasteiger partial charge >= 0.3 is 0 Å². The normalized spacial score (nSPS) is 16.5. The Kier molecular flexibility index (Phi) is 10.1. The fraction of sp³-hybridized carbons (Fsp3) is 0.636. The predicted octanol–water partition coefficient (Wildman–Crippen LogP) is 1.35. The van der Waals surface area contributed by atoms with Crippen LogP contribution in [0.3, 0.4) is 0 Å². The number of ether oxygens (including phenoxy) is 2. The zero-order chi connectivity index (χ0) is 24.6. The Bertz CT molecular complexity index is 884. The van der Waals surface area contributed by atoms with E-state index in [4.69, 9.17) is 9.47 Å². The van der Waals surface area contributed by atoms with Gasteiger partial charge in [-0.25, -0.2) is 13.9 Å². The van der Waals surface area contributed by atoms with Gasteiger partial charge in [0.25, 0.3) is 5.91 Å². The summed E-state index contributed by atoms with van der Waals surface area (Å²) in [4.78, 5) is 27.6. The number of amides is 2. The van der Waals surface area contributed by atoms with Crippen LogP contribution in [-0.2, 0) is 24.3 Å². The van der Waals surface area contributed by atoms with Crippen LogP contribution < -0.4 is 10.2 Å². The molecule has 0 unspecified atom stereocenters. The van der Waals surface area contributed by atoms with Gasteiger partial charge in [-0.3, -0.25) is 14.8 Å². The number of carbonyl (C=O) groups excluding carboxylic acids is 2. The molecule has 2 rings (SSSR count). The molecule has 0 saturated carbocycles. The van der Waals surface area contributed by atoms with Gasteiger partial charge < -0.3 is 14.4 Å². The average molecular weight is 486 g/mol. The fourth-order valence-corrected chi connectivity index (χ4v) is 5.56. The number of hydrogen-bond acceptors (Lipinski definition) is 7. The lowest BCUT2D eigenvalue weighted by Gasteiger charge is -2.35. The minimum Gasteiger partial charge on any atom is -0.497 e. The van der Waals surface area contributed by atoms with Crippen molar-refractivity contribution >= 4 is 21.8 Å². The maximum absolute atomic E-state index is 13.3. The summed E-state index contributed by atoms with van der Waals surface area (Å²) in [6.07, 6.45) is 0.419. The molecule has 0 bridgehead atoms. The van der Waals surface area contributed by atoms with Crippen molar-refractivity contribution in [2.75, 3.05) is 46.5 Å². The Morgan fingerprint density at radius 2 is 1.82 bits per heavy atom. The largest absolute Gasteiger partial charge is 0.497 e. The van der Waals surface area contributed by atoms with Crippen molar-refractivity contribution in [2.45, 2.75) is 32.1 Å². The topological polar surface area (TPSA) is 125 Å². The first-order valence-electron chi connectivity index (χ1n) is 11.1. The summed E-state index contributed by atoms with van der Waals surface area (Å²) < 4.78 is 38.3. The molecule has 0 aromatic heterocycles. The minimum absolute atomic E-state index is 0.0444. The second-order valence-electron chi connectivity index (χ2n) is 8.41. The van der Waals surface area contributed by atoms with Crippen molar-refractivity contribution in [2.24, 2.45) is 17.8 Å². The zero-order valence-corrected chi connectivity index (χ0v) is 20.5. The molecule has 2 N–H and O–H groups in total. The van der Waals surface area contributed by atoms with Crippen molar-refractivity contribution in [3.63, 3.8) is 0 Å². The Morgan fingerprint density at radius 1 is 1.21 bits per heavy atom. The number of morpholine rings is 1. The second-order valence-corrected chi connectivity index (χ2v) is 10.4. The summed E-state index contributed by atoms with van der Waals surface area (Å²) >= 11 is 0. The van der Waals surface area contributed by atoms with Gasteiger partial charge in [-0.2, -0.15) is 4.31 Å². The van der Waals surface area contributed by atoms with Crippen LogP contribution in [0.2, 0.25) is 0 Å².